The summed E-state index contributed by atoms with van der Waals surface area (Å²) in [6.45, 7) is 3.45. The maximum Gasteiger partial charge on any atom is 0.422 e. The van der Waals surface area contributed by atoms with Crippen molar-refractivity contribution in [2.24, 2.45) is 4.99 Å². The van der Waals surface area contributed by atoms with Gasteiger partial charge in [0.15, 0.2) is 12.6 Å². The van der Waals surface area contributed by atoms with Gasteiger partial charge in [0.2, 0.25) is 0 Å². The molecule has 0 unspecified atom stereocenters. The second-order valence-electron chi connectivity index (χ2n) is 4.47. The fraction of sp³-hybridized carbons (Fsp3) is 0.500. The lowest BCUT2D eigenvalue weighted by Gasteiger charge is -2.15. The van der Waals surface area contributed by atoms with Gasteiger partial charge in [0.25, 0.3) is 0 Å². The van der Waals surface area contributed by atoms with Crippen LogP contribution in [0.1, 0.15) is 18.1 Å². The van der Waals surface area contributed by atoms with Crippen molar-refractivity contribution in [2.45, 2.75) is 26.6 Å². The average Bonchev–Trinajstić information content (AvgIpc) is 2.41. The molecule has 0 saturated carbocycles. The van der Waals surface area contributed by atoms with Crippen molar-refractivity contribution < 1.29 is 17.9 Å². The molecule has 1 aromatic carbocycles. The number of aliphatic imine (C=N–C) groups is 1. The van der Waals surface area contributed by atoms with Crippen molar-refractivity contribution in [3.63, 3.8) is 0 Å². The summed E-state index contributed by atoms with van der Waals surface area (Å²) in [6.07, 6.45) is -4.35. The summed E-state index contributed by atoms with van der Waals surface area (Å²) in [6, 6.07) is 5.17. The Hall–Kier alpha value is -1.19. The summed E-state index contributed by atoms with van der Waals surface area (Å²) in [7, 11) is 1.63. The van der Waals surface area contributed by atoms with Crippen molar-refractivity contribution in [2.75, 3.05) is 20.2 Å². The number of ether oxygens (including phenoxy) is 1. The number of nitrogens with one attached hydrogen (secondary N) is 2. The van der Waals surface area contributed by atoms with Crippen LogP contribution in [0, 0.1) is 6.92 Å². The molecule has 0 radical (unpaired) electrons. The quantitative estimate of drug-likeness (QED) is 0.428. The Kier molecular flexibility index (Phi) is 9.22. The van der Waals surface area contributed by atoms with Gasteiger partial charge in [-0.15, -0.1) is 24.0 Å². The fourth-order valence-electron chi connectivity index (χ4n) is 1.67. The van der Waals surface area contributed by atoms with Crippen LogP contribution >= 0.6 is 24.0 Å². The van der Waals surface area contributed by atoms with E-state index in [1.807, 2.05) is 13.0 Å². The van der Waals surface area contributed by atoms with Gasteiger partial charge in [-0.1, -0.05) is 12.1 Å². The van der Waals surface area contributed by atoms with Crippen LogP contribution in [-0.2, 0) is 6.54 Å². The molecule has 2 N–H and O–H groups in total. The topological polar surface area (TPSA) is 45.7 Å². The van der Waals surface area contributed by atoms with Gasteiger partial charge in [0.05, 0.1) is 0 Å². The minimum absolute atomic E-state index is 0. The van der Waals surface area contributed by atoms with E-state index in [1.54, 1.807) is 26.1 Å². The maximum atomic E-state index is 12.3. The molecule has 0 spiro atoms. The molecule has 0 fully saturated rings. The molecule has 0 atom stereocenters. The molecule has 1 aromatic rings. The van der Waals surface area contributed by atoms with Crippen LogP contribution in [0.15, 0.2) is 23.2 Å². The molecule has 0 aliphatic carbocycles. The fourth-order valence-corrected chi connectivity index (χ4v) is 1.67. The monoisotopic (exact) mass is 431 g/mol. The number of aryl methyl sites for hydroxylation is 1. The van der Waals surface area contributed by atoms with E-state index < -0.39 is 12.8 Å². The van der Waals surface area contributed by atoms with Gasteiger partial charge in [0, 0.05) is 25.7 Å². The van der Waals surface area contributed by atoms with Gasteiger partial charge >= 0.3 is 6.18 Å². The summed E-state index contributed by atoms with van der Waals surface area (Å²) >= 11 is 0. The Labute approximate surface area is 145 Å². The third-order valence-corrected chi connectivity index (χ3v) is 2.63. The van der Waals surface area contributed by atoms with E-state index in [1.165, 1.54) is 0 Å². The van der Waals surface area contributed by atoms with E-state index >= 15 is 0 Å². The lowest BCUT2D eigenvalue weighted by molar-refractivity contribution is -0.153. The first-order valence-electron chi connectivity index (χ1n) is 6.59. The van der Waals surface area contributed by atoms with E-state index in [9.17, 15) is 13.2 Å². The molecule has 0 bridgehead atoms. The van der Waals surface area contributed by atoms with Crippen LogP contribution in [-0.4, -0.2) is 32.3 Å². The van der Waals surface area contributed by atoms with E-state index in [-0.39, 0.29) is 29.7 Å². The molecule has 4 nitrogen and oxygen atoms in total. The summed E-state index contributed by atoms with van der Waals surface area (Å²) in [4.78, 5) is 4.00. The first-order chi connectivity index (χ1) is 9.85. The Morgan fingerprint density at radius 2 is 1.95 bits per heavy atom. The standard InChI is InChI=1S/C14H20F3N3O.HI/c1-4-19-13(18-3)20-8-11-6-5-10(2)7-12(11)21-9-14(15,16)17;/h5-7H,4,8-9H2,1-3H3,(H2,18,19,20);1H. The minimum atomic E-state index is -4.35. The van der Waals surface area contributed by atoms with Crippen LogP contribution in [0.3, 0.4) is 0 Å². The first kappa shape index (κ1) is 20.8. The normalized spacial score (nSPS) is 11.6. The third kappa shape index (κ3) is 7.71. The lowest BCUT2D eigenvalue weighted by atomic mass is 10.1. The van der Waals surface area contributed by atoms with Crippen molar-refractivity contribution in [1.29, 1.82) is 0 Å². The van der Waals surface area contributed by atoms with Crippen LogP contribution in [0.25, 0.3) is 0 Å². The molecule has 8 heteroatoms. The predicted molar refractivity (Wildman–Crippen MR) is 92.0 cm³/mol. The number of halogens is 4. The van der Waals surface area contributed by atoms with Crippen molar-refractivity contribution in [1.82, 2.24) is 10.6 Å². The average molecular weight is 431 g/mol. The van der Waals surface area contributed by atoms with E-state index in [2.05, 4.69) is 15.6 Å². The Bertz CT molecular complexity index is 493. The van der Waals surface area contributed by atoms with Gasteiger partial charge < -0.3 is 15.4 Å². The molecule has 0 aromatic heterocycles. The Morgan fingerprint density at radius 1 is 1.27 bits per heavy atom. The number of nitrogens with zero attached hydrogens (tertiary/aromatic N) is 1. The number of hydrogen-bond acceptors (Lipinski definition) is 2. The summed E-state index contributed by atoms with van der Waals surface area (Å²) < 4.78 is 41.7. The highest BCUT2D eigenvalue weighted by Gasteiger charge is 2.28. The molecule has 0 saturated heterocycles. The van der Waals surface area contributed by atoms with E-state index in [0.29, 0.717) is 24.6 Å². The Balaban J connectivity index is 0.00000441. The summed E-state index contributed by atoms with van der Waals surface area (Å²) in [5.41, 5.74) is 1.48. The molecule has 126 valence electrons. The summed E-state index contributed by atoms with van der Waals surface area (Å²) in [5, 5.41) is 6.03. The molecule has 0 aliphatic heterocycles. The van der Waals surface area contributed by atoms with Crippen molar-refractivity contribution in [3.05, 3.63) is 29.3 Å². The number of alkyl halides is 3. The zero-order valence-electron chi connectivity index (χ0n) is 12.8. The first-order valence-corrected chi connectivity index (χ1v) is 6.59. The number of rotatable bonds is 5. The molecule has 0 heterocycles. The largest absolute Gasteiger partial charge is 0.484 e. The zero-order valence-corrected chi connectivity index (χ0v) is 15.1. The number of guanidine groups is 1. The van der Waals surface area contributed by atoms with Gasteiger partial charge in [-0.3, -0.25) is 4.99 Å². The van der Waals surface area contributed by atoms with E-state index in [0.717, 1.165) is 5.56 Å². The molecular weight excluding hydrogens is 410 g/mol. The van der Waals surface area contributed by atoms with Crippen LogP contribution in [0.5, 0.6) is 5.75 Å². The second kappa shape index (κ2) is 9.75. The molecule has 0 aliphatic rings. The Morgan fingerprint density at radius 3 is 2.50 bits per heavy atom. The summed E-state index contributed by atoms with van der Waals surface area (Å²) in [5.74, 6) is 0.812. The van der Waals surface area contributed by atoms with Crippen molar-refractivity contribution >= 4 is 29.9 Å². The van der Waals surface area contributed by atoms with E-state index in [4.69, 9.17) is 4.74 Å². The SMILES string of the molecule is CCNC(=NC)NCc1ccc(C)cc1OCC(F)(F)F.I. The van der Waals surface area contributed by atoms with Crippen molar-refractivity contribution in [3.8, 4) is 5.75 Å². The molecular formula is C14H21F3IN3O. The maximum absolute atomic E-state index is 12.3. The van der Waals surface area contributed by atoms with Gasteiger partial charge in [-0.05, 0) is 25.5 Å². The predicted octanol–water partition coefficient (Wildman–Crippen LogP) is 3.24. The number of benzene rings is 1. The zero-order chi connectivity index (χ0) is 15.9. The highest BCUT2D eigenvalue weighted by atomic mass is 127. The lowest BCUT2D eigenvalue weighted by Crippen LogP contribution is -2.36. The minimum Gasteiger partial charge on any atom is -0.484 e. The highest BCUT2D eigenvalue weighted by Crippen LogP contribution is 2.23. The third-order valence-electron chi connectivity index (χ3n) is 2.63. The van der Waals surface area contributed by atoms with Gasteiger partial charge in [-0.2, -0.15) is 13.2 Å². The second-order valence-corrected chi connectivity index (χ2v) is 4.47. The van der Waals surface area contributed by atoms with Gasteiger partial charge in [-0.25, -0.2) is 0 Å². The van der Waals surface area contributed by atoms with Crippen LogP contribution < -0.4 is 15.4 Å². The smallest absolute Gasteiger partial charge is 0.422 e. The van der Waals surface area contributed by atoms with Crippen LogP contribution in [0.2, 0.25) is 0 Å². The van der Waals surface area contributed by atoms with Gasteiger partial charge in [0.1, 0.15) is 5.75 Å². The molecule has 0 amide bonds. The van der Waals surface area contributed by atoms with Crippen LogP contribution in [0.4, 0.5) is 13.2 Å². The molecule has 1 rings (SSSR count). The molecule has 22 heavy (non-hydrogen) atoms. The highest BCUT2D eigenvalue weighted by molar-refractivity contribution is 14.0. The number of hydrogen-bond donors (Lipinski definition) is 2.